The highest BCUT2D eigenvalue weighted by molar-refractivity contribution is 8.24. The molecule has 170 valence electrons. The smallest absolute Gasteiger partial charge is 0.318 e. The SMILES string of the molecule is O=C(c1cc(-c2cc(F)cc(Cl)c2)n(-c2ccnc(C(F)(F)F)c2)n1)N1CCS(O)(O)C1. The molecule has 0 unspecified atom stereocenters. The van der Waals surface area contributed by atoms with Crippen LogP contribution in [0, 0.1) is 5.82 Å². The second-order valence-corrected chi connectivity index (χ2v) is 9.79. The van der Waals surface area contributed by atoms with Gasteiger partial charge in [0.05, 0.1) is 17.1 Å². The van der Waals surface area contributed by atoms with E-state index in [1.54, 1.807) is 0 Å². The molecule has 3 aromatic rings. The molecular weight excluding hydrogens is 476 g/mol. The molecule has 7 nitrogen and oxygen atoms in total. The molecule has 1 aliphatic rings. The van der Waals surface area contributed by atoms with Gasteiger partial charge in [0, 0.05) is 23.3 Å². The lowest BCUT2D eigenvalue weighted by Crippen LogP contribution is -2.29. The summed E-state index contributed by atoms with van der Waals surface area (Å²) in [7, 11) is -2.92. The van der Waals surface area contributed by atoms with E-state index in [9.17, 15) is 31.5 Å². The lowest BCUT2D eigenvalue weighted by atomic mass is 10.1. The molecule has 4 rings (SSSR count). The number of carbonyl (C=O) groups is 1. The van der Waals surface area contributed by atoms with Crippen LogP contribution in [-0.4, -0.2) is 52.9 Å². The van der Waals surface area contributed by atoms with Crippen LogP contribution >= 0.6 is 22.2 Å². The first kappa shape index (κ1) is 22.5. The van der Waals surface area contributed by atoms with Gasteiger partial charge in [-0.3, -0.25) is 18.9 Å². The van der Waals surface area contributed by atoms with Crippen molar-refractivity contribution < 1.29 is 31.5 Å². The van der Waals surface area contributed by atoms with Crippen molar-refractivity contribution in [3.05, 3.63) is 64.8 Å². The van der Waals surface area contributed by atoms with Gasteiger partial charge in [0.15, 0.2) is 5.69 Å². The van der Waals surface area contributed by atoms with E-state index >= 15 is 0 Å². The van der Waals surface area contributed by atoms with Crippen molar-refractivity contribution in [1.82, 2.24) is 19.7 Å². The lowest BCUT2D eigenvalue weighted by Gasteiger charge is -2.25. The maximum absolute atomic E-state index is 14.0. The van der Waals surface area contributed by atoms with E-state index in [0.717, 1.165) is 29.1 Å². The molecule has 0 aliphatic carbocycles. The van der Waals surface area contributed by atoms with Crippen molar-refractivity contribution >= 4 is 28.1 Å². The molecule has 0 atom stereocenters. The predicted molar refractivity (Wildman–Crippen MR) is 110 cm³/mol. The summed E-state index contributed by atoms with van der Waals surface area (Å²) in [4.78, 5) is 17.4. The number of benzene rings is 1. The van der Waals surface area contributed by atoms with Crippen molar-refractivity contribution in [2.45, 2.75) is 6.18 Å². The average molecular weight is 491 g/mol. The van der Waals surface area contributed by atoms with Gasteiger partial charge in [-0.25, -0.2) is 9.07 Å². The summed E-state index contributed by atoms with van der Waals surface area (Å²) in [6.07, 6.45) is -3.77. The van der Waals surface area contributed by atoms with Crippen LogP contribution in [0.25, 0.3) is 16.9 Å². The fraction of sp³-hybridized carbons (Fsp3) is 0.211. The summed E-state index contributed by atoms with van der Waals surface area (Å²) < 4.78 is 74.1. The van der Waals surface area contributed by atoms with E-state index in [0.29, 0.717) is 0 Å². The van der Waals surface area contributed by atoms with Crippen LogP contribution in [0.15, 0.2) is 42.6 Å². The highest BCUT2D eigenvalue weighted by Crippen LogP contribution is 2.44. The van der Waals surface area contributed by atoms with E-state index in [1.807, 2.05) is 0 Å². The Hall–Kier alpha value is -2.67. The second-order valence-electron chi connectivity index (χ2n) is 7.09. The fourth-order valence-corrected chi connectivity index (χ4v) is 4.86. The molecule has 32 heavy (non-hydrogen) atoms. The summed E-state index contributed by atoms with van der Waals surface area (Å²) in [5, 5.41) is 4.18. The number of pyridine rings is 1. The van der Waals surface area contributed by atoms with Crippen molar-refractivity contribution in [2.75, 3.05) is 18.2 Å². The van der Waals surface area contributed by atoms with Crippen molar-refractivity contribution in [1.29, 1.82) is 0 Å². The van der Waals surface area contributed by atoms with Gasteiger partial charge in [-0.1, -0.05) is 11.6 Å². The Morgan fingerprint density at radius 3 is 2.53 bits per heavy atom. The molecule has 0 bridgehead atoms. The van der Waals surface area contributed by atoms with Crippen LogP contribution in [0.4, 0.5) is 17.6 Å². The van der Waals surface area contributed by atoms with Gasteiger partial charge in [-0.15, -0.1) is 0 Å². The van der Waals surface area contributed by atoms with Gasteiger partial charge in [0.1, 0.15) is 17.4 Å². The van der Waals surface area contributed by atoms with E-state index < -0.39 is 34.2 Å². The summed E-state index contributed by atoms with van der Waals surface area (Å²) in [5.74, 6) is -1.58. The number of hydrogen-bond donors (Lipinski definition) is 2. The topological polar surface area (TPSA) is 91.5 Å². The maximum atomic E-state index is 14.0. The number of nitrogens with zero attached hydrogens (tertiary/aromatic N) is 4. The number of hydrogen-bond acceptors (Lipinski definition) is 5. The highest BCUT2D eigenvalue weighted by Gasteiger charge is 2.34. The van der Waals surface area contributed by atoms with Gasteiger partial charge in [-0.2, -0.15) is 28.9 Å². The van der Waals surface area contributed by atoms with Crippen LogP contribution in [0.3, 0.4) is 0 Å². The molecular formula is C19H15ClF4N4O3S. The molecule has 1 fully saturated rings. The molecule has 13 heteroatoms. The van der Waals surface area contributed by atoms with Crippen LogP contribution in [0.1, 0.15) is 16.2 Å². The predicted octanol–water partition coefficient (Wildman–Crippen LogP) is 4.91. The van der Waals surface area contributed by atoms with Gasteiger partial charge < -0.3 is 4.90 Å². The Morgan fingerprint density at radius 2 is 1.91 bits per heavy atom. The Labute approximate surface area is 185 Å². The van der Waals surface area contributed by atoms with Crippen LogP contribution in [0.5, 0.6) is 0 Å². The zero-order valence-electron chi connectivity index (χ0n) is 16.1. The Bertz CT molecular complexity index is 1180. The van der Waals surface area contributed by atoms with Gasteiger partial charge in [-0.05, 0) is 36.4 Å². The van der Waals surface area contributed by atoms with Gasteiger partial charge in [0.25, 0.3) is 5.91 Å². The number of alkyl halides is 3. The van der Waals surface area contributed by atoms with Gasteiger partial charge >= 0.3 is 6.18 Å². The molecule has 1 aromatic carbocycles. The first-order valence-corrected chi connectivity index (χ1v) is 11.3. The second kappa shape index (κ2) is 8.03. The first-order chi connectivity index (χ1) is 14.9. The van der Waals surface area contributed by atoms with Gasteiger partial charge in [0.2, 0.25) is 0 Å². The van der Waals surface area contributed by atoms with E-state index in [-0.39, 0.29) is 45.8 Å². The number of halogens is 5. The average Bonchev–Trinajstić information content (AvgIpc) is 3.30. The third-order valence-electron chi connectivity index (χ3n) is 4.70. The Balaban J connectivity index is 1.84. The van der Waals surface area contributed by atoms with Crippen LogP contribution in [0.2, 0.25) is 5.02 Å². The molecule has 2 N–H and O–H groups in total. The number of rotatable bonds is 3. The normalized spacial score (nSPS) is 16.9. The Morgan fingerprint density at radius 1 is 1.16 bits per heavy atom. The quantitative estimate of drug-likeness (QED) is 0.509. The summed E-state index contributed by atoms with van der Waals surface area (Å²) in [6, 6.07) is 6.83. The van der Waals surface area contributed by atoms with Crippen molar-refractivity contribution in [3.8, 4) is 16.9 Å². The lowest BCUT2D eigenvalue weighted by molar-refractivity contribution is -0.141. The molecule has 1 amide bonds. The minimum atomic E-state index is -4.71. The first-order valence-electron chi connectivity index (χ1n) is 9.06. The molecule has 1 aliphatic heterocycles. The van der Waals surface area contributed by atoms with E-state index in [1.165, 1.54) is 23.1 Å². The monoisotopic (exact) mass is 490 g/mol. The molecule has 0 radical (unpaired) electrons. The maximum Gasteiger partial charge on any atom is 0.433 e. The van der Waals surface area contributed by atoms with Crippen LogP contribution < -0.4 is 0 Å². The van der Waals surface area contributed by atoms with Crippen molar-refractivity contribution in [2.24, 2.45) is 0 Å². The third kappa shape index (κ3) is 4.58. The molecule has 3 heterocycles. The molecule has 0 saturated carbocycles. The number of aromatic nitrogens is 3. The molecule has 1 saturated heterocycles. The number of amides is 1. The standard InChI is InChI=1S/C19H15ClF4N4O3S/c20-12-5-11(6-13(21)7-12)16-9-15(18(29)27-3-4-32(30,31)10-27)26-28(16)14-1-2-25-17(8-14)19(22,23)24/h1-2,5-9,30-31H,3-4,10H2. The van der Waals surface area contributed by atoms with E-state index in [4.69, 9.17) is 11.6 Å². The Kier molecular flexibility index (Phi) is 5.65. The summed E-state index contributed by atoms with van der Waals surface area (Å²) in [6.45, 7) is 0.0859. The third-order valence-corrected chi connectivity index (χ3v) is 6.48. The zero-order valence-corrected chi connectivity index (χ0v) is 17.6. The minimum Gasteiger partial charge on any atom is -0.318 e. The minimum absolute atomic E-state index is 0.0190. The van der Waals surface area contributed by atoms with Crippen molar-refractivity contribution in [3.63, 3.8) is 0 Å². The summed E-state index contributed by atoms with van der Waals surface area (Å²) >= 11 is 5.93. The largest absolute Gasteiger partial charge is 0.433 e. The summed E-state index contributed by atoms with van der Waals surface area (Å²) in [5.41, 5.74) is -1.11. The fourth-order valence-electron chi connectivity index (χ4n) is 3.25. The molecule has 2 aromatic heterocycles. The highest BCUT2D eigenvalue weighted by atomic mass is 35.5. The number of carbonyl (C=O) groups excluding carboxylic acids is 1. The van der Waals surface area contributed by atoms with E-state index in [2.05, 4.69) is 10.1 Å². The molecule has 0 spiro atoms. The van der Waals surface area contributed by atoms with Crippen LogP contribution in [-0.2, 0) is 6.18 Å². The zero-order chi connectivity index (χ0) is 23.3.